The predicted molar refractivity (Wildman–Crippen MR) is 96.3 cm³/mol. The second-order valence-electron chi connectivity index (χ2n) is 5.19. The Kier molecular flexibility index (Phi) is 8.20. The molecule has 0 atom stereocenters. The van der Waals surface area contributed by atoms with Crippen molar-refractivity contribution in [3.05, 3.63) is 28.7 Å². The van der Waals surface area contributed by atoms with Crippen LogP contribution in [0.1, 0.15) is 0 Å². The van der Waals surface area contributed by atoms with Gasteiger partial charge in [-0.3, -0.25) is 9.89 Å². The zero-order chi connectivity index (χ0) is 16.3. The van der Waals surface area contributed by atoms with Crippen LogP contribution in [-0.4, -0.2) is 70.5 Å². The molecule has 1 aromatic rings. The topological polar surface area (TPSA) is 58.1 Å². The van der Waals surface area contributed by atoms with Crippen molar-refractivity contribution in [2.45, 2.75) is 0 Å². The lowest BCUT2D eigenvalue weighted by Gasteiger charge is -2.26. The van der Waals surface area contributed by atoms with E-state index in [0.29, 0.717) is 13.2 Å². The van der Waals surface area contributed by atoms with Crippen LogP contribution in [0.15, 0.2) is 33.7 Å². The van der Waals surface area contributed by atoms with E-state index in [0.717, 1.165) is 55.6 Å². The van der Waals surface area contributed by atoms with Crippen molar-refractivity contribution in [2.24, 2.45) is 4.99 Å². The lowest BCUT2D eigenvalue weighted by molar-refractivity contribution is 0.0389. The van der Waals surface area contributed by atoms with Crippen LogP contribution in [0.4, 0.5) is 0 Å². The van der Waals surface area contributed by atoms with Crippen LogP contribution in [0.2, 0.25) is 0 Å². The molecule has 2 N–H and O–H groups in total. The van der Waals surface area contributed by atoms with Gasteiger partial charge in [-0.15, -0.1) is 0 Å². The summed E-state index contributed by atoms with van der Waals surface area (Å²) in [6.45, 7) is 6.83. The van der Waals surface area contributed by atoms with Gasteiger partial charge < -0.3 is 20.1 Å². The molecular weight excluding hydrogens is 360 g/mol. The van der Waals surface area contributed by atoms with Gasteiger partial charge in [-0.25, -0.2) is 0 Å². The molecule has 0 unspecified atom stereocenters. The first kappa shape index (κ1) is 18.0. The summed E-state index contributed by atoms with van der Waals surface area (Å²) in [5.74, 6) is 1.66. The summed E-state index contributed by atoms with van der Waals surface area (Å²) in [5, 5.41) is 6.57. The molecule has 1 aromatic carbocycles. The Morgan fingerprint density at radius 2 is 2.09 bits per heavy atom. The molecule has 1 saturated heterocycles. The molecule has 0 amide bonds. The van der Waals surface area contributed by atoms with Gasteiger partial charge in [0, 0.05) is 37.7 Å². The Labute approximate surface area is 146 Å². The number of nitrogens with zero attached hydrogens (tertiary/aromatic N) is 2. The Morgan fingerprint density at radius 1 is 1.30 bits per heavy atom. The molecule has 0 bridgehead atoms. The maximum Gasteiger partial charge on any atom is 0.191 e. The Bertz CT molecular complexity index is 493. The van der Waals surface area contributed by atoms with Gasteiger partial charge in [0.05, 0.1) is 19.8 Å². The van der Waals surface area contributed by atoms with Crippen molar-refractivity contribution in [2.75, 3.05) is 59.6 Å². The van der Waals surface area contributed by atoms with E-state index in [4.69, 9.17) is 9.47 Å². The van der Waals surface area contributed by atoms with E-state index in [2.05, 4.69) is 36.5 Å². The number of halogens is 1. The SMILES string of the molecule is CN=C(NCCOc1cccc(Br)c1)NCCN1CCOCC1. The van der Waals surface area contributed by atoms with Crippen molar-refractivity contribution in [1.82, 2.24) is 15.5 Å². The standard InChI is InChI=1S/C16H25BrN4O2/c1-18-16(19-5-7-21-8-11-22-12-9-21)20-6-10-23-15-4-2-3-14(17)13-15/h2-4,13H,5-12H2,1H3,(H2,18,19,20). The number of hydrogen-bond acceptors (Lipinski definition) is 4. The van der Waals surface area contributed by atoms with Crippen LogP contribution in [0.25, 0.3) is 0 Å². The molecule has 7 heteroatoms. The van der Waals surface area contributed by atoms with E-state index in [-0.39, 0.29) is 0 Å². The summed E-state index contributed by atoms with van der Waals surface area (Å²) in [4.78, 5) is 6.61. The minimum Gasteiger partial charge on any atom is -0.492 e. The zero-order valence-electron chi connectivity index (χ0n) is 13.6. The van der Waals surface area contributed by atoms with Crippen molar-refractivity contribution < 1.29 is 9.47 Å². The predicted octanol–water partition coefficient (Wildman–Crippen LogP) is 1.33. The highest BCUT2D eigenvalue weighted by Gasteiger charge is 2.09. The molecule has 1 heterocycles. The summed E-state index contributed by atoms with van der Waals surface area (Å²) in [6.07, 6.45) is 0. The van der Waals surface area contributed by atoms with Gasteiger partial charge in [0.1, 0.15) is 12.4 Å². The highest BCUT2D eigenvalue weighted by molar-refractivity contribution is 9.10. The van der Waals surface area contributed by atoms with Gasteiger partial charge in [-0.05, 0) is 18.2 Å². The second kappa shape index (κ2) is 10.5. The molecular formula is C16H25BrN4O2. The zero-order valence-corrected chi connectivity index (χ0v) is 15.1. The largest absolute Gasteiger partial charge is 0.492 e. The number of ether oxygens (including phenoxy) is 2. The number of hydrogen-bond donors (Lipinski definition) is 2. The highest BCUT2D eigenvalue weighted by Crippen LogP contribution is 2.17. The van der Waals surface area contributed by atoms with E-state index in [1.54, 1.807) is 7.05 Å². The molecule has 1 aliphatic heterocycles. The minimum atomic E-state index is 0.584. The van der Waals surface area contributed by atoms with Crippen molar-refractivity contribution in [1.29, 1.82) is 0 Å². The molecule has 0 aliphatic carbocycles. The third kappa shape index (κ3) is 7.20. The first-order valence-electron chi connectivity index (χ1n) is 7.91. The normalized spacial score (nSPS) is 16.2. The van der Waals surface area contributed by atoms with E-state index in [9.17, 15) is 0 Å². The van der Waals surface area contributed by atoms with Crippen LogP contribution in [0.3, 0.4) is 0 Å². The van der Waals surface area contributed by atoms with E-state index in [1.165, 1.54) is 0 Å². The third-order valence-corrected chi connectivity index (χ3v) is 4.00. The van der Waals surface area contributed by atoms with Crippen molar-refractivity contribution in [3.63, 3.8) is 0 Å². The molecule has 0 aromatic heterocycles. The van der Waals surface area contributed by atoms with Gasteiger partial charge >= 0.3 is 0 Å². The molecule has 2 rings (SSSR count). The second-order valence-corrected chi connectivity index (χ2v) is 6.10. The first-order valence-corrected chi connectivity index (χ1v) is 8.70. The average Bonchev–Trinajstić information content (AvgIpc) is 2.58. The fourth-order valence-corrected chi connectivity index (χ4v) is 2.65. The first-order chi connectivity index (χ1) is 11.3. The molecule has 6 nitrogen and oxygen atoms in total. The Hall–Kier alpha value is -1.31. The Balaban J connectivity index is 1.57. The van der Waals surface area contributed by atoms with Gasteiger partial charge in [0.25, 0.3) is 0 Å². The van der Waals surface area contributed by atoms with Gasteiger partial charge in [0.2, 0.25) is 0 Å². The maximum absolute atomic E-state index is 5.68. The average molecular weight is 385 g/mol. The van der Waals surface area contributed by atoms with E-state index >= 15 is 0 Å². The number of rotatable bonds is 7. The summed E-state index contributed by atoms with van der Waals surface area (Å²) < 4.78 is 12.0. The lowest BCUT2D eigenvalue weighted by Crippen LogP contribution is -2.45. The van der Waals surface area contributed by atoms with Crippen molar-refractivity contribution >= 4 is 21.9 Å². The van der Waals surface area contributed by atoms with Crippen molar-refractivity contribution in [3.8, 4) is 5.75 Å². The highest BCUT2D eigenvalue weighted by atomic mass is 79.9. The molecule has 0 radical (unpaired) electrons. The summed E-state index contributed by atoms with van der Waals surface area (Å²) in [6, 6.07) is 7.83. The summed E-state index contributed by atoms with van der Waals surface area (Å²) in [7, 11) is 1.78. The molecule has 128 valence electrons. The number of aliphatic imine (C=N–C) groups is 1. The lowest BCUT2D eigenvalue weighted by atomic mass is 10.3. The molecule has 23 heavy (non-hydrogen) atoms. The van der Waals surface area contributed by atoms with Gasteiger partial charge in [-0.2, -0.15) is 0 Å². The third-order valence-electron chi connectivity index (χ3n) is 3.51. The maximum atomic E-state index is 5.68. The van der Waals surface area contributed by atoms with Gasteiger partial charge in [-0.1, -0.05) is 22.0 Å². The van der Waals surface area contributed by atoms with Crippen LogP contribution < -0.4 is 15.4 Å². The molecule has 0 saturated carbocycles. The minimum absolute atomic E-state index is 0.584. The van der Waals surface area contributed by atoms with Crippen LogP contribution in [-0.2, 0) is 4.74 Å². The monoisotopic (exact) mass is 384 g/mol. The molecule has 0 spiro atoms. The molecule has 1 fully saturated rings. The summed E-state index contributed by atoms with van der Waals surface area (Å²) in [5.41, 5.74) is 0. The van der Waals surface area contributed by atoms with Gasteiger partial charge in [0.15, 0.2) is 5.96 Å². The Morgan fingerprint density at radius 3 is 2.83 bits per heavy atom. The quantitative estimate of drug-likeness (QED) is 0.421. The molecule has 1 aliphatic rings. The van der Waals surface area contributed by atoms with E-state index in [1.807, 2.05) is 24.3 Å². The number of guanidine groups is 1. The van der Waals surface area contributed by atoms with E-state index < -0.39 is 0 Å². The fraction of sp³-hybridized carbons (Fsp3) is 0.562. The number of nitrogens with one attached hydrogen (secondary N) is 2. The van der Waals surface area contributed by atoms with Crippen LogP contribution in [0.5, 0.6) is 5.75 Å². The number of benzene rings is 1. The van der Waals surface area contributed by atoms with Crippen LogP contribution in [0, 0.1) is 0 Å². The smallest absolute Gasteiger partial charge is 0.191 e. The van der Waals surface area contributed by atoms with Crippen LogP contribution >= 0.6 is 15.9 Å². The summed E-state index contributed by atoms with van der Waals surface area (Å²) >= 11 is 3.43. The number of morpholine rings is 1. The fourth-order valence-electron chi connectivity index (χ4n) is 2.27.